The third kappa shape index (κ3) is 4.23. The molecule has 0 radical (unpaired) electrons. The van der Waals surface area contributed by atoms with Gasteiger partial charge < -0.3 is 9.84 Å². The Kier molecular flexibility index (Phi) is 4.97. The second kappa shape index (κ2) is 6.50. The van der Waals surface area contributed by atoms with Crippen LogP contribution < -0.4 is 0 Å². The van der Waals surface area contributed by atoms with Crippen molar-refractivity contribution < 1.29 is 14.6 Å². The lowest BCUT2D eigenvalue weighted by molar-refractivity contribution is -0.137. The Bertz CT molecular complexity index is 281. The molecular weight excluding hydrogens is 232 g/mol. The van der Waals surface area contributed by atoms with Crippen molar-refractivity contribution in [2.75, 3.05) is 39.3 Å². The van der Waals surface area contributed by atoms with Gasteiger partial charge in [-0.25, -0.2) is 0 Å². The Labute approximate surface area is 109 Å². The molecule has 0 amide bonds. The highest BCUT2D eigenvalue weighted by atomic mass is 16.5. The van der Waals surface area contributed by atoms with E-state index in [2.05, 4.69) is 16.7 Å². The lowest BCUT2D eigenvalue weighted by Gasteiger charge is -2.35. The smallest absolute Gasteiger partial charge is 0.304 e. The summed E-state index contributed by atoms with van der Waals surface area (Å²) < 4.78 is 5.79. The first kappa shape index (κ1) is 13.8. The van der Waals surface area contributed by atoms with Crippen molar-refractivity contribution in [3.8, 4) is 0 Å². The van der Waals surface area contributed by atoms with E-state index in [1.165, 1.54) is 12.8 Å². The zero-order valence-corrected chi connectivity index (χ0v) is 11.2. The zero-order valence-electron chi connectivity index (χ0n) is 11.2. The van der Waals surface area contributed by atoms with Gasteiger partial charge in [0.15, 0.2) is 0 Å². The summed E-state index contributed by atoms with van der Waals surface area (Å²) >= 11 is 0. The quantitative estimate of drug-likeness (QED) is 0.724. The van der Waals surface area contributed by atoms with Gasteiger partial charge >= 0.3 is 5.97 Å². The van der Waals surface area contributed by atoms with Crippen LogP contribution in [-0.4, -0.2) is 72.4 Å². The van der Waals surface area contributed by atoms with Crippen LogP contribution in [0.15, 0.2) is 0 Å². The number of rotatable bonds is 7. The van der Waals surface area contributed by atoms with E-state index in [9.17, 15) is 4.79 Å². The molecule has 1 saturated carbocycles. The number of morpholine rings is 1. The van der Waals surface area contributed by atoms with Crippen LogP contribution in [0, 0.1) is 0 Å². The molecule has 1 aliphatic heterocycles. The van der Waals surface area contributed by atoms with E-state index in [0.717, 1.165) is 32.8 Å². The maximum atomic E-state index is 10.7. The zero-order chi connectivity index (χ0) is 13.0. The van der Waals surface area contributed by atoms with Crippen LogP contribution in [0.4, 0.5) is 0 Å². The minimum atomic E-state index is -0.708. The average molecular weight is 256 g/mol. The Morgan fingerprint density at radius 2 is 2.28 bits per heavy atom. The van der Waals surface area contributed by atoms with Crippen LogP contribution in [0.2, 0.25) is 0 Å². The summed E-state index contributed by atoms with van der Waals surface area (Å²) in [5.74, 6) is -0.708. The normalized spacial score (nSPS) is 25.6. The van der Waals surface area contributed by atoms with E-state index in [4.69, 9.17) is 9.84 Å². The van der Waals surface area contributed by atoms with Gasteiger partial charge in [0, 0.05) is 32.2 Å². The average Bonchev–Trinajstić information content (AvgIpc) is 3.18. The highest BCUT2D eigenvalue weighted by Crippen LogP contribution is 2.27. The molecule has 104 valence electrons. The maximum absolute atomic E-state index is 10.7. The van der Waals surface area contributed by atoms with Crippen molar-refractivity contribution in [3.05, 3.63) is 0 Å². The first-order valence-corrected chi connectivity index (χ1v) is 6.99. The van der Waals surface area contributed by atoms with Crippen LogP contribution in [0.3, 0.4) is 0 Å². The van der Waals surface area contributed by atoms with Gasteiger partial charge in [0.2, 0.25) is 0 Å². The van der Waals surface area contributed by atoms with Gasteiger partial charge in [-0.3, -0.25) is 14.6 Å². The van der Waals surface area contributed by atoms with Gasteiger partial charge in [0.25, 0.3) is 0 Å². The maximum Gasteiger partial charge on any atom is 0.304 e. The van der Waals surface area contributed by atoms with E-state index >= 15 is 0 Å². The lowest BCUT2D eigenvalue weighted by Crippen LogP contribution is -2.48. The van der Waals surface area contributed by atoms with Crippen molar-refractivity contribution in [2.45, 2.75) is 38.3 Å². The third-order valence-corrected chi connectivity index (χ3v) is 3.78. The summed E-state index contributed by atoms with van der Waals surface area (Å²) in [6.07, 6.45) is 2.90. The molecule has 1 N–H and O–H groups in total. The molecule has 18 heavy (non-hydrogen) atoms. The third-order valence-electron chi connectivity index (χ3n) is 3.78. The molecule has 2 aliphatic rings. The predicted molar refractivity (Wildman–Crippen MR) is 68.7 cm³/mol. The number of ether oxygens (including phenoxy) is 1. The van der Waals surface area contributed by atoms with Crippen LogP contribution in [-0.2, 0) is 9.53 Å². The number of hydrogen-bond donors (Lipinski definition) is 1. The molecule has 5 nitrogen and oxygen atoms in total. The molecule has 1 aliphatic carbocycles. The molecule has 1 heterocycles. The summed E-state index contributed by atoms with van der Waals surface area (Å²) in [4.78, 5) is 15.4. The molecule has 1 unspecified atom stereocenters. The minimum absolute atomic E-state index is 0.237. The summed E-state index contributed by atoms with van der Waals surface area (Å²) in [6, 6.07) is 0.602. The summed E-state index contributed by atoms with van der Waals surface area (Å²) in [5.41, 5.74) is 0. The SMILES string of the molecule is CCN1CCOC(CN(CCC(=O)O)C2CC2)C1. The van der Waals surface area contributed by atoms with Crippen molar-refractivity contribution in [3.63, 3.8) is 0 Å². The Morgan fingerprint density at radius 3 is 2.89 bits per heavy atom. The molecule has 0 aromatic carbocycles. The summed E-state index contributed by atoms with van der Waals surface area (Å²) in [5, 5.41) is 8.78. The van der Waals surface area contributed by atoms with E-state index in [0.29, 0.717) is 12.6 Å². The van der Waals surface area contributed by atoms with Crippen LogP contribution in [0.5, 0.6) is 0 Å². The minimum Gasteiger partial charge on any atom is -0.481 e. The molecule has 1 saturated heterocycles. The molecule has 0 spiro atoms. The van der Waals surface area contributed by atoms with Gasteiger partial charge in [-0.15, -0.1) is 0 Å². The molecule has 2 rings (SSSR count). The van der Waals surface area contributed by atoms with Crippen molar-refractivity contribution in [1.82, 2.24) is 9.80 Å². The Balaban J connectivity index is 1.78. The second-order valence-corrected chi connectivity index (χ2v) is 5.26. The van der Waals surface area contributed by atoms with Gasteiger partial charge in [-0.05, 0) is 19.4 Å². The predicted octanol–water partition coefficient (Wildman–Crippen LogP) is 0.646. The summed E-state index contributed by atoms with van der Waals surface area (Å²) in [7, 11) is 0. The molecular formula is C13H24N2O3. The fraction of sp³-hybridized carbons (Fsp3) is 0.923. The number of hydrogen-bond acceptors (Lipinski definition) is 4. The molecule has 5 heteroatoms. The monoisotopic (exact) mass is 256 g/mol. The fourth-order valence-corrected chi connectivity index (χ4v) is 2.54. The topological polar surface area (TPSA) is 53.0 Å². The van der Waals surface area contributed by atoms with Crippen LogP contribution in [0.1, 0.15) is 26.2 Å². The number of carboxylic acids is 1. The second-order valence-electron chi connectivity index (χ2n) is 5.26. The van der Waals surface area contributed by atoms with Crippen molar-refractivity contribution in [1.29, 1.82) is 0 Å². The van der Waals surface area contributed by atoms with Gasteiger partial charge in [0.05, 0.1) is 19.1 Å². The highest BCUT2D eigenvalue weighted by Gasteiger charge is 2.32. The van der Waals surface area contributed by atoms with Crippen molar-refractivity contribution in [2.24, 2.45) is 0 Å². The Hall–Kier alpha value is -0.650. The van der Waals surface area contributed by atoms with Crippen molar-refractivity contribution >= 4 is 5.97 Å². The van der Waals surface area contributed by atoms with Gasteiger partial charge in [-0.2, -0.15) is 0 Å². The first-order chi connectivity index (χ1) is 8.69. The lowest BCUT2D eigenvalue weighted by atomic mass is 10.2. The molecule has 0 aromatic heterocycles. The van der Waals surface area contributed by atoms with Gasteiger partial charge in [-0.1, -0.05) is 6.92 Å². The molecule has 2 fully saturated rings. The Morgan fingerprint density at radius 1 is 1.50 bits per heavy atom. The number of carbonyl (C=O) groups is 1. The molecule has 1 atom stereocenters. The largest absolute Gasteiger partial charge is 0.481 e. The number of aliphatic carboxylic acids is 1. The highest BCUT2D eigenvalue weighted by molar-refractivity contribution is 5.66. The number of nitrogens with zero attached hydrogens (tertiary/aromatic N) is 2. The molecule has 0 aromatic rings. The summed E-state index contributed by atoms with van der Waals surface area (Å²) in [6.45, 7) is 7.58. The number of carboxylic acid groups (broad SMARTS) is 1. The van der Waals surface area contributed by atoms with E-state index in [1.54, 1.807) is 0 Å². The van der Waals surface area contributed by atoms with Crippen LogP contribution in [0.25, 0.3) is 0 Å². The van der Waals surface area contributed by atoms with E-state index in [1.807, 2.05) is 0 Å². The van der Waals surface area contributed by atoms with E-state index < -0.39 is 5.97 Å². The number of likely N-dealkylation sites (N-methyl/N-ethyl adjacent to an activating group) is 1. The van der Waals surface area contributed by atoms with Gasteiger partial charge in [0.1, 0.15) is 0 Å². The first-order valence-electron chi connectivity index (χ1n) is 6.99. The standard InChI is InChI=1S/C13H24N2O3/c1-2-14-7-8-18-12(9-14)10-15(11-3-4-11)6-5-13(16)17/h11-12H,2-10H2,1H3,(H,16,17). The van der Waals surface area contributed by atoms with E-state index in [-0.39, 0.29) is 12.5 Å². The fourth-order valence-electron chi connectivity index (χ4n) is 2.54. The molecule has 0 bridgehead atoms. The van der Waals surface area contributed by atoms with Crippen LogP contribution >= 0.6 is 0 Å².